The van der Waals surface area contributed by atoms with Gasteiger partial charge in [-0.25, -0.2) is 0 Å². The van der Waals surface area contributed by atoms with E-state index in [1.165, 1.54) is 16.7 Å². The van der Waals surface area contributed by atoms with E-state index in [9.17, 15) is 9.90 Å². The number of rotatable bonds is 2. The molecule has 2 aliphatic rings. The largest absolute Gasteiger partial charge is 0.481 e. The second-order valence-electron chi connectivity index (χ2n) is 7.29. The summed E-state index contributed by atoms with van der Waals surface area (Å²) in [6.45, 7) is 6.30. The van der Waals surface area contributed by atoms with Crippen LogP contribution in [0.2, 0.25) is 0 Å². The standard InChI is InChI=1S/C19H26O2/c1-4-17-16-8-6-13-11-12(2)5-7-14(13)15(16)9-10-19(17,3)18(20)21/h5,7,11,15-17H,4,6,8-10H2,1-3H3,(H,20,21). The molecule has 0 aliphatic heterocycles. The lowest BCUT2D eigenvalue weighted by Crippen LogP contribution is -2.46. The predicted molar refractivity (Wildman–Crippen MR) is 84.5 cm³/mol. The number of aryl methyl sites for hydroxylation is 2. The van der Waals surface area contributed by atoms with Gasteiger partial charge in [-0.3, -0.25) is 4.79 Å². The first-order valence-corrected chi connectivity index (χ1v) is 8.30. The first-order valence-electron chi connectivity index (χ1n) is 8.30. The SMILES string of the molecule is CCC1C2CCc3cc(C)ccc3C2CCC1(C)C(=O)O. The molecular formula is C19H26O2. The number of carboxylic acid groups (broad SMARTS) is 1. The van der Waals surface area contributed by atoms with Crippen LogP contribution in [-0.2, 0) is 11.2 Å². The number of aliphatic carboxylic acids is 1. The molecule has 2 nitrogen and oxygen atoms in total. The number of carboxylic acids is 1. The molecule has 1 fully saturated rings. The molecule has 114 valence electrons. The van der Waals surface area contributed by atoms with Gasteiger partial charge in [0, 0.05) is 0 Å². The fraction of sp³-hybridized carbons (Fsp3) is 0.632. The molecule has 1 aromatic carbocycles. The van der Waals surface area contributed by atoms with Crippen molar-refractivity contribution in [3.05, 3.63) is 34.9 Å². The Kier molecular flexibility index (Phi) is 3.59. The number of fused-ring (bicyclic) bond motifs is 3. The van der Waals surface area contributed by atoms with Gasteiger partial charge in [0.25, 0.3) is 0 Å². The van der Waals surface area contributed by atoms with Gasteiger partial charge in [0.1, 0.15) is 0 Å². The highest BCUT2D eigenvalue weighted by atomic mass is 16.4. The van der Waals surface area contributed by atoms with E-state index in [4.69, 9.17) is 0 Å². The van der Waals surface area contributed by atoms with Crippen LogP contribution in [0.3, 0.4) is 0 Å². The third-order valence-electron chi connectivity index (χ3n) is 6.20. The Morgan fingerprint density at radius 2 is 2.14 bits per heavy atom. The van der Waals surface area contributed by atoms with Crippen molar-refractivity contribution in [2.24, 2.45) is 17.3 Å². The molecule has 4 atom stereocenters. The second-order valence-corrected chi connectivity index (χ2v) is 7.29. The monoisotopic (exact) mass is 286 g/mol. The average Bonchev–Trinajstić information content (AvgIpc) is 2.46. The van der Waals surface area contributed by atoms with Gasteiger partial charge in [-0.2, -0.15) is 0 Å². The van der Waals surface area contributed by atoms with E-state index < -0.39 is 11.4 Å². The molecule has 2 heteroatoms. The first kappa shape index (κ1) is 14.6. The molecule has 2 aliphatic carbocycles. The van der Waals surface area contributed by atoms with Crippen molar-refractivity contribution in [2.45, 2.75) is 58.8 Å². The molecule has 0 aromatic heterocycles. The zero-order valence-corrected chi connectivity index (χ0v) is 13.4. The van der Waals surface area contributed by atoms with Crippen LogP contribution in [0.1, 0.15) is 62.1 Å². The average molecular weight is 286 g/mol. The maximum Gasteiger partial charge on any atom is 0.309 e. The summed E-state index contributed by atoms with van der Waals surface area (Å²) in [5.41, 5.74) is 3.82. The fourth-order valence-electron chi connectivity index (χ4n) is 5.05. The molecule has 4 unspecified atom stereocenters. The van der Waals surface area contributed by atoms with E-state index in [2.05, 4.69) is 32.0 Å². The molecule has 0 heterocycles. The summed E-state index contributed by atoms with van der Waals surface area (Å²) in [5.74, 6) is 0.831. The Bertz CT molecular complexity index is 563. The van der Waals surface area contributed by atoms with Gasteiger partial charge < -0.3 is 5.11 Å². The lowest BCUT2D eigenvalue weighted by atomic mass is 9.54. The molecule has 0 radical (unpaired) electrons. The van der Waals surface area contributed by atoms with Crippen molar-refractivity contribution in [3.63, 3.8) is 0 Å². The van der Waals surface area contributed by atoms with Crippen LogP contribution < -0.4 is 0 Å². The summed E-state index contributed by atoms with van der Waals surface area (Å²) in [7, 11) is 0. The summed E-state index contributed by atoms with van der Waals surface area (Å²) in [5, 5.41) is 9.72. The van der Waals surface area contributed by atoms with Gasteiger partial charge >= 0.3 is 5.97 Å². The summed E-state index contributed by atoms with van der Waals surface area (Å²) < 4.78 is 0. The number of carbonyl (C=O) groups is 1. The lowest BCUT2D eigenvalue weighted by molar-refractivity contribution is -0.157. The van der Waals surface area contributed by atoms with Crippen LogP contribution in [0.4, 0.5) is 0 Å². The third-order valence-corrected chi connectivity index (χ3v) is 6.20. The minimum Gasteiger partial charge on any atom is -0.481 e. The maximum atomic E-state index is 11.8. The van der Waals surface area contributed by atoms with E-state index >= 15 is 0 Å². The van der Waals surface area contributed by atoms with Crippen molar-refractivity contribution in [3.8, 4) is 0 Å². The summed E-state index contributed by atoms with van der Waals surface area (Å²) in [6, 6.07) is 6.85. The molecule has 1 aromatic rings. The molecule has 1 saturated carbocycles. The zero-order chi connectivity index (χ0) is 15.2. The van der Waals surface area contributed by atoms with Gasteiger partial charge in [-0.05, 0) is 68.4 Å². The van der Waals surface area contributed by atoms with Crippen LogP contribution in [-0.4, -0.2) is 11.1 Å². The minimum absolute atomic E-state index is 0.309. The number of hydrogen-bond donors (Lipinski definition) is 1. The van der Waals surface area contributed by atoms with Crippen LogP contribution >= 0.6 is 0 Å². The minimum atomic E-state index is -0.595. The third kappa shape index (κ3) is 2.20. The van der Waals surface area contributed by atoms with Crippen molar-refractivity contribution < 1.29 is 9.90 Å². The smallest absolute Gasteiger partial charge is 0.309 e. The van der Waals surface area contributed by atoms with Gasteiger partial charge in [0.2, 0.25) is 0 Å². The molecule has 1 N–H and O–H groups in total. The summed E-state index contributed by atoms with van der Waals surface area (Å²) >= 11 is 0. The number of hydrogen-bond acceptors (Lipinski definition) is 1. The van der Waals surface area contributed by atoms with Crippen LogP contribution in [0, 0.1) is 24.2 Å². The van der Waals surface area contributed by atoms with E-state index in [1.54, 1.807) is 0 Å². The van der Waals surface area contributed by atoms with Crippen molar-refractivity contribution in [1.29, 1.82) is 0 Å². The summed E-state index contributed by atoms with van der Waals surface area (Å²) in [4.78, 5) is 11.8. The highest BCUT2D eigenvalue weighted by Gasteiger charge is 2.51. The number of benzene rings is 1. The molecule has 0 saturated heterocycles. The van der Waals surface area contributed by atoms with Gasteiger partial charge in [-0.1, -0.05) is 37.1 Å². The Hall–Kier alpha value is -1.31. The van der Waals surface area contributed by atoms with Gasteiger partial charge in [0.15, 0.2) is 0 Å². The normalized spacial score (nSPS) is 34.9. The van der Waals surface area contributed by atoms with E-state index in [0.29, 0.717) is 17.8 Å². The van der Waals surface area contributed by atoms with Crippen LogP contribution in [0.25, 0.3) is 0 Å². The van der Waals surface area contributed by atoms with Crippen molar-refractivity contribution in [2.75, 3.05) is 0 Å². The van der Waals surface area contributed by atoms with Crippen molar-refractivity contribution >= 4 is 5.97 Å². The first-order chi connectivity index (χ1) is 9.97. The van der Waals surface area contributed by atoms with E-state index in [1.807, 2.05) is 6.92 Å². The topological polar surface area (TPSA) is 37.3 Å². The van der Waals surface area contributed by atoms with Crippen LogP contribution in [0.5, 0.6) is 0 Å². The highest BCUT2D eigenvalue weighted by Crippen LogP contribution is 2.55. The van der Waals surface area contributed by atoms with E-state index in [0.717, 1.165) is 32.1 Å². The van der Waals surface area contributed by atoms with E-state index in [-0.39, 0.29) is 0 Å². The Morgan fingerprint density at radius 1 is 1.38 bits per heavy atom. The Morgan fingerprint density at radius 3 is 2.81 bits per heavy atom. The second kappa shape index (κ2) is 5.15. The molecule has 21 heavy (non-hydrogen) atoms. The van der Waals surface area contributed by atoms with Gasteiger partial charge in [0.05, 0.1) is 5.41 Å². The molecule has 0 spiro atoms. The fourth-order valence-corrected chi connectivity index (χ4v) is 5.05. The van der Waals surface area contributed by atoms with Gasteiger partial charge in [-0.15, -0.1) is 0 Å². The molecule has 0 bridgehead atoms. The summed E-state index contributed by atoms with van der Waals surface area (Å²) in [6.07, 6.45) is 5.09. The predicted octanol–water partition coefficient (Wildman–Crippen LogP) is 4.55. The highest BCUT2D eigenvalue weighted by molar-refractivity contribution is 5.75. The van der Waals surface area contributed by atoms with Crippen LogP contribution in [0.15, 0.2) is 18.2 Å². The molecule has 3 rings (SSSR count). The molecule has 0 amide bonds. The lowest BCUT2D eigenvalue weighted by Gasteiger charge is -2.50. The molecular weight excluding hydrogens is 260 g/mol. The quantitative estimate of drug-likeness (QED) is 0.866. The maximum absolute atomic E-state index is 11.8. The van der Waals surface area contributed by atoms with Crippen molar-refractivity contribution in [1.82, 2.24) is 0 Å². The Balaban J connectivity index is 1.98. The Labute approximate surface area is 127 Å². The zero-order valence-electron chi connectivity index (χ0n) is 13.4.